The van der Waals surface area contributed by atoms with Crippen LogP contribution in [-0.2, 0) is 11.3 Å². The summed E-state index contributed by atoms with van der Waals surface area (Å²) >= 11 is 5.97. The third-order valence-corrected chi connectivity index (χ3v) is 4.46. The molecule has 3 aromatic rings. The van der Waals surface area contributed by atoms with Crippen LogP contribution < -0.4 is 15.4 Å². The predicted molar refractivity (Wildman–Crippen MR) is 106 cm³/mol. The molecule has 0 spiro atoms. The average Bonchev–Trinajstić information content (AvgIpc) is 2.67. The summed E-state index contributed by atoms with van der Waals surface area (Å²) < 4.78 is 5.86. The van der Waals surface area contributed by atoms with Gasteiger partial charge in [-0.25, -0.2) is 0 Å². The standard InChI is InChI=1S/C21H16ClN3O2/c22-16-3-1-15(2-4-16)13-25-18-6-5-17(23)12-19(18)27-20(21(25)26)11-14-7-9-24-10-8-14/h1-12H,13,23H2/b20-11+. The van der Waals surface area contributed by atoms with E-state index in [0.717, 1.165) is 11.1 Å². The van der Waals surface area contributed by atoms with Crippen molar-refractivity contribution in [3.05, 3.63) is 88.9 Å². The number of carbonyl (C=O) groups is 1. The SMILES string of the molecule is Nc1ccc2c(c1)O/C(=C/c1ccncc1)C(=O)N2Cc1ccc(Cl)cc1. The summed E-state index contributed by atoms with van der Waals surface area (Å²) in [5.74, 6) is 0.552. The first-order chi connectivity index (χ1) is 13.1. The minimum Gasteiger partial charge on any atom is -0.449 e. The number of anilines is 2. The molecule has 2 N–H and O–H groups in total. The molecule has 5 nitrogen and oxygen atoms in total. The fourth-order valence-corrected chi connectivity index (χ4v) is 3.00. The number of nitrogens with two attached hydrogens (primary N) is 1. The average molecular weight is 378 g/mol. The van der Waals surface area contributed by atoms with Crippen molar-refractivity contribution in [1.82, 2.24) is 4.98 Å². The number of aromatic nitrogens is 1. The Bertz CT molecular complexity index is 1020. The zero-order chi connectivity index (χ0) is 18.8. The van der Waals surface area contributed by atoms with Crippen molar-refractivity contribution >= 4 is 35.0 Å². The van der Waals surface area contributed by atoms with Gasteiger partial charge in [0.15, 0.2) is 11.5 Å². The molecular weight excluding hydrogens is 362 g/mol. The number of rotatable bonds is 3. The smallest absolute Gasteiger partial charge is 0.294 e. The second-order valence-corrected chi connectivity index (χ2v) is 6.57. The number of halogens is 1. The zero-order valence-corrected chi connectivity index (χ0v) is 15.1. The second-order valence-electron chi connectivity index (χ2n) is 6.14. The van der Waals surface area contributed by atoms with Gasteiger partial charge in [-0.05, 0) is 53.6 Å². The zero-order valence-electron chi connectivity index (χ0n) is 14.3. The van der Waals surface area contributed by atoms with Gasteiger partial charge in [0.25, 0.3) is 5.91 Å². The topological polar surface area (TPSA) is 68.5 Å². The molecule has 4 rings (SSSR count). The van der Waals surface area contributed by atoms with E-state index >= 15 is 0 Å². The molecule has 0 saturated carbocycles. The molecular formula is C21H16ClN3O2. The minimum absolute atomic E-state index is 0.223. The predicted octanol–water partition coefficient (Wildman–Crippen LogP) is 4.28. The lowest BCUT2D eigenvalue weighted by Gasteiger charge is -2.31. The highest BCUT2D eigenvalue weighted by Gasteiger charge is 2.30. The Kier molecular flexibility index (Phi) is 4.52. The van der Waals surface area contributed by atoms with Crippen molar-refractivity contribution in [1.29, 1.82) is 0 Å². The van der Waals surface area contributed by atoms with Gasteiger partial charge in [0, 0.05) is 29.2 Å². The van der Waals surface area contributed by atoms with E-state index < -0.39 is 0 Å². The number of pyridine rings is 1. The summed E-state index contributed by atoms with van der Waals surface area (Å²) in [6.45, 7) is 0.393. The van der Waals surface area contributed by atoms with Crippen molar-refractivity contribution in [3.8, 4) is 5.75 Å². The molecule has 134 valence electrons. The fraction of sp³-hybridized carbons (Fsp3) is 0.0476. The van der Waals surface area contributed by atoms with Crippen molar-refractivity contribution in [2.24, 2.45) is 0 Å². The first-order valence-corrected chi connectivity index (χ1v) is 8.73. The van der Waals surface area contributed by atoms with Crippen LogP contribution in [-0.4, -0.2) is 10.9 Å². The van der Waals surface area contributed by atoms with E-state index in [9.17, 15) is 4.79 Å². The van der Waals surface area contributed by atoms with Crippen LogP contribution in [0.25, 0.3) is 6.08 Å². The number of nitrogen functional groups attached to an aromatic ring is 1. The molecule has 0 aliphatic carbocycles. The largest absolute Gasteiger partial charge is 0.449 e. The Morgan fingerprint density at radius 3 is 2.56 bits per heavy atom. The molecule has 0 fully saturated rings. The molecule has 0 atom stereocenters. The highest BCUT2D eigenvalue weighted by atomic mass is 35.5. The molecule has 0 radical (unpaired) electrons. The van der Waals surface area contributed by atoms with Crippen LogP contribution in [0.2, 0.25) is 5.02 Å². The van der Waals surface area contributed by atoms with Crippen LogP contribution in [0.15, 0.2) is 72.8 Å². The Balaban J connectivity index is 1.75. The fourth-order valence-electron chi connectivity index (χ4n) is 2.87. The molecule has 1 amide bonds. The lowest BCUT2D eigenvalue weighted by molar-refractivity contribution is -0.117. The van der Waals surface area contributed by atoms with Crippen LogP contribution in [0.3, 0.4) is 0 Å². The third-order valence-electron chi connectivity index (χ3n) is 4.21. The molecule has 2 aromatic carbocycles. The van der Waals surface area contributed by atoms with Gasteiger partial charge in [0.05, 0.1) is 12.2 Å². The third kappa shape index (κ3) is 3.64. The minimum atomic E-state index is -0.223. The summed E-state index contributed by atoms with van der Waals surface area (Å²) in [6, 6.07) is 16.3. The normalized spacial score (nSPS) is 14.8. The molecule has 2 heterocycles. The van der Waals surface area contributed by atoms with Crippen LogP contribution >= 0.6 is 11.6 Å². The van der Waals surface area contributed by atoms with Gasteiger partial charge in [-0.3, -0.25) is 14.7 Å². The van der Waals surface area contributed by atoms with E-state index in [2.05, 4.69) is 4.98 Å². The van der Waals surface area contributed by atoms with Crippen LogP contribution in [0.5, 0.6) is 5.75 Å². The maximum Gasteiger partial charge on any atom is 0.294 e. The number of hydrogen-bond donors (Lipinski definition) is 1. The summed E-state index contributed by atoms with van der Waals surface area (Å²) in [7, 11) is 0. The number of benzene rings is 2. The van der Waals surface area contributed by atoms with E-state index in [-0.39, 0.29) is 11.7 Å². The Morgan fingerprint density at radius 1 is 1.07 bits per heavy atom. The number of hydrogen-bond acceptors (Lipinski definition) is 4. The van der Waals surface area contributed by atoms with Gasteiger partial charge >= 0.3 is 0 Å². The highest BCUT2D eigenvalue weighted by molar-refractivity contribution is 6.30. The van der Waals surface area contributed by atoms with E-state index in [0.29, 0.717) is 28.7 Å². The van der Waals surface area contributed by atoms with E-state index in [1.54, 1.807) is 53.7 Å². The maximum absolute atomic E-state index is 13.1. The van der Waals surface area contributed by atoms with Crippen molar-refractivity contribution in [2.45, 2.75) is 6.54 Å². The van der Waals surface area contributed by atoms with Gasteiger partial charge in [-0.1, -0.05) is 23.7 Å². The van der Waals surface area contributed by atoms with Crippen molar-refractivity contribution in [2.75, 3.05) is 10.6 Å². The molecule has 0 bridgehead atoms. The summed E-state index contributed by atoms with van der Waals surface area (Å²) in [4.78, 5) is 18.8. The summed E-state index contributed by atoms with van der Waals surface area (Å²) in [6.07, 6.45) is 5.03. The number of nitrogens with zero attached hydrogens (tertiary/aromatic N) is 2. The second kappa shape index (κ2) is 7.13. The maximum atomic E-state index is 13.1. The first-order valence-electron chi connectivity index (χ1n) is 8.35. The molecule has 1 aliphatic rings. The number of carbonyl (C=O) groups excluding carboxylic acids is 1. The van der Waals surface area contributed by atoms with E-state index in [4.69, 9.17) is 22.1 Å². The van der Waals surface area contributed by atoms with E-state index in [1.165, 1.54) is 0 Å². The van der Waals surface area contributed by atoms with Crippen LogP contribution in [0.4, 0.5) is 11.4 Å². The number of fused-ring (bicyclic) bond motifs is 1. The summed E-state index contributed by atoms with van der Waals surface area (Å²) in [5.41, 5.74) is 8.93. The Morgan fingerprint density at radius 2 is 1.81 bits per heavy atom. The lowest BCUT2D eigenvalue weighted by atomic mass is 10.1. The molecule has 0 saturated heterocycles. The Labute approximate surface area is 161 Å². The van der Waals surface area contributed by atoms with Crippen LogP contribution in [0.1, 0.15) is 11.1 Å². The van der Waals surface area contributed by atoms with Gasteiger partial charge in [0.1, 0.15) is 0 Å². The van der Waals surface area contributed by atoms with Gasteiger partial charge in [-0.15, -0.1) is 0 Å². The van der Waals surface area contributed by atoms with Crippen molar-refractivity contribution < 1.29 is 9.53 Å². The Hall–Kier alpha value is -3.31. The monoisotopic (exact) mass is 377 g/mol. The van der Waals surface area contributed by atoms with Crippen LogP contribution in [0, 0.1) is 0 Å². The number of amides is 1. The lowest BCUT2D eigenvalue weighted by Crippen LogP contribution is -2.36. The molecule has 27 heavy (non-hydrogen) atoms. The van der Waals surface area contributed by atoms with Crippen molar-refractivity contribution in [3.63, 3.8) is 0 Å². The van der Waals surface area contributed by atoms with Gasteiger partial charge in [0.2, 0.25) is 0 Å². The van der Waals surface area contributed by atoms with Gasteiger partial charge < -0.3 is 10.5 Å². The quantitative estimate of drug-likeness (QED) is 0.546. The first kappa shape index (κ1) is 17.1. The molecule has 0 unspecified atom stereocenters. The molecule has 6 heteroatoms. The summed E-state index contributed by atoms with van der Waals surface area (Å²) in [5, 5.41) is 0.651. The molecule has 1 aromatic heterocycles. The molecule has 1 aliphatic heterocycles. The number of ether oxygens (including phenoxy) is 1. The van der Waals surface area contributed by atoms with Gasteiger partial charge in [-0.2, -0.15) is 0 Å². The van der Waals surface area contributed by atoms with E-state index in [1.807, 2.05) is 24.3 Å². The highest BCUT2D eigenvalue weighted by Crippen LogP contribution is 2.38.